The maximum absolute atomic E-state index is 11.8. The number of benzene rings is 1. The first kappa shape index (κ1) is 15.5. The number of nitrogens with one attached hydrogen (secondary N) is 2. The third-order valence-electron chi connectivity index (χ3n) is 3.23. The van der Waals surface area contributed by atoms with Crippen LogP contribution in [0.1, 0.15) is 18.1 Å². The topological polar surface area (TPSA) is 81.6 Å². The minimum Gasteiger partial charge on any atom is -0.392 e. The van der Waals surface area contributed by atoms with Crippen molar-refractivity contribution >= 4 is 29.1 Å². The van der Waals surface area contributed by atoms with Gasteiger partial charge >= 0.3 is 0 Å². The van der Waals surface area contributed by atoms with Gasteiger partial charge in [-0.1, -0.05) is 29.3 Å². The van der Waals surface area contributed by atoms with Crippen molar-refractivity contribution in [1.82, 2.24) is 10.6 Å². The molecule has 3 atom stereocenters. The number of carbonyl (C=O) groups excluding carboxylic acids is 1. The molecule has 1 fully saturated rings. The van der Waals surface area contributed by atoms with Gasteiger partial charge in [-0.05, 0) is 18.6 Å². The van der Waals surface area contributed by atoms with Gasteiger partial charge < -0.3 is 20.8 Å². The second kappa shape index (κ2) is 6.74. The van der Waals surface area contributed by atoms with Crippen molar-refractivity contribution in [2.75, 3.05) is 13.1 Å². The van der Waals surface area contributed by atoms with Crippen LogP contribution >= 0.6 is 23.2 Å². The van der Waals surface area contributed by atoms with Crippen LogP contribution in [0.5, 0.6) is 0 Å². The highest BCUT2D eigenvalue weighted by molar-refractivity contribution is 6.36. The van der Waals surface area contributed by atoms with E-state index >= 15 is 0 Å². The van der Waals surface area contributed by atoms with Crippen LogP contribution in [0.3, 0.4) is 0 Å². The Bertz CT molecular complexity index is 478. The first-order valence-electron chi connectivity index (χ1n) is 6.30. The molecule has 2 rings (SSSR count). The van der Waals surface area contributed by atoms with E-state index in [9.17, 15) is 15.0 Å². The van der Waals surface area contributed by atoms with E-state index < -0.39 is 18.2 Å². The number of aliphatic hydroxyl groups excluding tert-OH is 2. The maximum Gasteiger partial charge on any atom is 0.237 e. The summed E-state index contributed by atoms with van der Waals surface area (Å²) in [6, 6.07) is 4.51. The molecule has 20 heavy (non-hydrogen) atoms. The van der Waals surface area contributed by atoms with Crippen LogP contribution in [0.15, 0.2) is 18.2 Å². The Morgan fingerprint density at radius 3 is 2.65 bits per heavy atom. The zero-order chi connectivity index (χ0) is 14.7. The Morgan fingerprint density at radius 2 is 2.10 bits per heavy atom. The summed E-state index contributed by atoms with van der Waals surface area (Å²) in [5.74, 6) is -0.260. The van der Waals surface area contributed by atoms with E-state index in [0.717, 1.165) is 0 Å². The molecule has 1 saturated heterocycles. The average molecular weight is 319 g/mol. The summed E-state index contributed by atoms with van der Waals surface area (Å²) in [5, 5.41) is 25.6. The summed E-state index contributed by atoms with van der Waals surface area (Å²) in [5.41, 5.74) is 0.399. The molecule has 1 aliphatic rings. The van der Waals surface area contributed by atoms with E-state index in [-0.39, 0.29) is 12.5 Å². The van der Waals surface area contributed by atoms with E-state index in [1.165, 1.54) is 0 Å². The van der Waals surface area contributed by atoms with Gasteiger partial charge in [-0.25, -0.2) is 0 Å². The molecule has 0 radical (unpaired) electrons. The smallest absolute Gasteiger partial charge is 0.237 e. The Balaban J connectivity index is 1.92. The second-order valence-corrected chi connectivity index (χ2v) is 5.56. The number of aliphatic hydroxyl groups is 2. The highest BCUT2D eigenvalue weighted by Gasteiger charge is 2.28. The summed E-state index contributed by atoms with van der Waals surface area (Å²) in [7, 11) is 0. The lowest BCUT2D eigenvalue weighted by Crippen LogP contribution is -2.41. The summed E-state index contributed by atoms with van der Waals surface area (Å²) in [6.07, 6.45) is -1.12. The van der Waals surface area contributed by atoms with Gasteiger partial charge in [-0.3, -0.25) is 4.79 Å². The van der Waals surface area contributed by atoms with Gasteiger partial charge in [-0.2, -0.15) is 0 Å². The highest BCUT2D eigenvalue weighted by atomic mass is 35.5. The van der Waals surface area contributed by atoms with Crippen molar-refractivity contribution in [3.05, 3.63) is 33.8 Å². The minimum atomic E-state index is -0.980. The largest absolute Gasteiger partial charge is 0.392 e. The van der Waals surface area contributed by atoms with Gasteiger partial charge in [0.25, 0.3) is 0 Å². The molecular formula is C13H16Cl2N2O3. The monoisotopic (exact) mass is 318 g/mol. The summed E-state index contributed by atoms with van der Waals surface area (Å²) in [6.45, 7) is 0.410. The van der Waals surface area contributed by atoms with Crippen LogP contribution in [-0.2, 0) is 4.79 Å². The van der Waals surface area contributed by atoms with Crippen molar-refractivity contribution in [3.8, 4) is 0 Å². The van der Waals surface area contributed by atoms with Crippen molar-refractivity contribution in [2.24, 2.45) is 0 Å². The van der Waals surface area contributed by atoms with Gasteiger partial charge in [-0.15, -0.1) is 0 Å². The van der Waals surface area contributed by atoms with Gasteiger partial charge in [0.15, 0.2) is 0 Å². The van der Waals surface area contributed by atoms with E-state index in [0.29, 0.717) is 28.6 Å². The fraction of sp³-hybridized carbons (Fsp3) is 0.462. The van der Waals surface area contributed by atoms with Crippen molar-refractivity contribution in [2.45, 2.75) is 24.7 Å². The number of halogens is 2. The number of carbonyl (C=O) groups is 1. The first-order valence-corrected chi connectivity index (χ1v) is 7.05. The molecule has 0 spiro atoms. The quantitative estimate of drug-likeness (QED) is 0.664. The molecule has 1 heterocycles. The lowest BCUT2D eigenvalue weighted by Gasteiger charge is -2.17. The van der Waals surface area contributed by atoms with Gasteiger partial charge in [0.1, 0.15) is 0 Å². The van der Waals surface area contributed by atoms with E-state index in [2.05, 4.69) is 10.6 Å². The van der Waals surface area contributed by atoms with Crippen LogP contribution in [0.4, 0.5) is 0 Å². The second-order valence-electron chi connectivity index (χ2n) is 4.75. The van der Waals surface area contributed by atoms with Crippen LogP contribution in [0.2, 0.25) is 10.0 Å². The Kier molecular flexibility index (Phi) is 5.23. The lowest BCUT2D eigenvalue weighted by molar-refractivity contribution is -0.123. The zero-order valence-electron chi connectivity index (χ0n) is 10.6. The van der Waals surface area contributed by atoms with Gasteiger partial charge in [0.2, 0.25) is 5.91 Å². The Labute approximate surface area is 126 Å². The normalized spacial score (nSPS) is 23.6. The standard InChI is InChI=1S/C13H16Cl2N2O3/c14-8-2-1-3-9(15)12(8)11(19)6-17-13(20)10-4-7(18)5-16-10/h1-3,7,10-11,16,18-19H,4-6H2,(H,17,20)/t7-,10+,11-/m0/s1. The first-order chi connectivity index (χ1) is 9.49. The molecule has 4 N–H and O–H groups in total. The fourth-order valence-corrected chi connectivity index (χ4v) is 2.82. The van der Waals surface area contributed by atoms with E-state index in [1.54, 1.807) is 18.2 Å². The van der Waals surface area contributed by atoms with Gasteiger partial charge in [0, 0.05) is 28.7 Å². The third kappa shape index (κ3) is 3.62. The number of amides is 1. The molecule has 0 bridgehead atoms. The Morgan fingerprint density at radius 1 is 1.45 bits per heavy atom. The van der Waals surface area contributed by atoms with E-state index in [1.807, 2.05) is 0 Å². The van der Waals surface area contributed by atoms with Gasteiger partial charge in [0.05, 0.1) is 18.2 Å². The van der Waals surface area contributed by atoms with Crippen LogP contribution < -0.4 is 10.6 Å². The molecule has 110 valence electrons. The molecule has 0 saturated carbocycles. The third-order valence-corrected chi connectivity index (χ3v) is 3.89. The zero-order valence-corrected chi connectivity index (χ0v) is 12.2. The molecule has 0 aliphatic carbocycles. The number of hydrogen-bond acceptors (Lipinski definition) is 4. The van der Waals surface area contributed by atoms with Crippen molar-refractivity contribution in [1.29, 1.82) is 0 Å². The molecule has 0 unspecified atom stereocenters. The molecular weight excluding hydrogens is 303 g/mol. The van der Waals surface area contributed by atoms with Crippen LogP contribution in [0.25, 0.3) is 0 Å². The number of β-amino-alcohol motifs (C(OH)–C–C–N with tert-alkyl or cyclic N) is 1. The lowest BCUT2D eigenvalue weighted by atomic mass is 10.1. The maximum atomic E-state index is 11.8. The minimum absolute atomic E-state index is 0.0105. The highest BCUT2D eigenvalue weighted by Crippen LogP contribution is 2.29. The van der Waals surface area contributed by atoms with Crippen LogP contribution in [-0.4, -0.2) is 41.4 Å². The summed E-state index contributed by atoms with van der Waals surface area (Å²) in [4.78, 5) is 11.8. The molecule has 7 heteroatoms. The molecule has 1 amide bonds. The predicted molar refractivity (Wildman–Crippen MR) is 76.8 cm³/mol. The van der Waals surface area contributed by atoms with Crippen LogP contribution in [0, 0.1) is 0 Å². The Hall–Kier alpha value is -0.850. The average Bonchev–Trinajstić information content (AvgIpc) is 2.82. The summed E-state index contributed by atoms with van der Waals surface area (Å²) >= 11 is 12.0. The number of hydrogen-bond donors (Lipinski definition) is 4. The number of rotatable bonds is 4. The van der Waals surface area contributed by atoms with Crippen molar-refractivity contribution < 1.29 is 15.0 Å². The predicted octanol–water partition coefficient (Wildman–Crippen LogP) is 0.866. The molecule has 0 aromatic heterocycles. The SMILES string of the molecule is O=C(NC[C@H](O)c1c(Cl)cccc1Cl)[C@H]1C[C@H](O)CN1. The molecule has 1 aromatic carbocycles. The summed E-state index contributed by atoms with van der Waals surface area (Å²) < 4.78 is 0. The fourth-order valence-electron chi connectivity index (χ4n) is 2.17. The molecule has 1 aromatic rings. The molecule has 5 nitrogen and oxygen atoms in total. The molecule has 1 aliphatic heterocycles. The van der Waals surface area contributed by atoms with Crippen molar-refractivity contribution in [3.63, 3.8) is 0 Å². The van der Waals surface area contributed by atoms with E-state index in [4.69, 9.17) is 23.2 Å².